The predicted molar refractivity (Wildman–Crippen MR) is 90.5 cm³/mol. The maximum Gasteiger partial charge on any atom is 0.255 e. The Kier molecular flexibility index (Phi) is 3.98. The van der Waals surface area contributed by atoms with Gasteiger partial charge in [0.05, 0.1) is 27.5 Å². The summed E-state index contributed by atoms with van der Waals surface area (Å²) in [6.07, 6.45) is 2.91. The van der Waals surface area contributed by atoms with E-state index in [1.165, 1.54) is 0 Å². The number of carbonyl (C=O) groups is 1. The van der Waals surface area contributed by atoms with E-state index < -0.39 is 0 Å². The third-order valence-electron chi connectivity index (χ3n) is 3.84. The van der Waals surface area contributed by atoms with Crippen molar-refractivity contribution in [3.8, 4) is 11.4 Å². The zero-order chi connectivity index (χ0) is 15.7. The summed E-state index contributed by atoms with van der Waals surface area (Å²) in [6.45, 7) is 4.77. The van der Waals surface area contributed by atoms with Gasteiger partial charge in [-0.25, -0.2) is 4.98 Å². The van der Waals surface area contributed by atoms with Crippen LogP contribution < -0.4 is 0 Å². The Morgan fingerprint density at radius 2 is 2.18 bits per heavy atom. The van der Waals surface area contributed by atoms with Crippen molar-refractivity contribution in [3.05, 3.63) is 46.4 Å². The van der Waals surface area contributed by atoms with E-state index in [1.807, 2.05) is 48.8 Å². The molecule has 5 heteroatoms. The zero-order valence-electron chi connectivity index (χ0n) is 13.0. The van der Waals surface area contributed by atoms with Crippen LogP contribution in [0, 0.1) is 0 Å². The van der Waals surface area contributed by atoms with Gasteiger partial charge in [0.2, 0.25) is 0 Å². The fraction of sp³-hybridized carbons (Fsp3) is 0.294. The lowest BCUT2D eigenvalue weighted by Crippen LogP contribution is -2.25. The standard InChI is InChI=1S/C17H19N3OS/c1-4-16-18-13(11-22-16)15-10-12(17(21)19(3)5-2)14-8-6-7-9-20(14)15/h6-11H,4-5H2,1-3H3. The highest BCUT2D eigenvalue weighted by Crippen LogP contribution is 2.28. The van der Waals surface area contributed by atoms with E-state index in [0.717, 1.165) is 33.9 Å². The molecule has 3 aromatic heterocycles. The Morgan fingerprint density at radius 3 is 2.86 bits per heavy atom. The molecule has 0 fully saturated rings. The maximum absolute atomic E-state index is 12.6. The molecule has 3 aromatic rings. The highest BCUT2D eigenvalue weighted by Gasteiger charge is 2.19. The van der Waals surface area contributed by atoms with Crippen molar-refractivity contribution in [1.29, 1.82) is 0 Å². The van der Waals surface area contributed by atoms with Gasteiger partial charge in [-0.3, -0.25) is 4.79 Å². The first-order valence-electron chi connectivity index (χ1n) is 7.46. The van der Waals surface area contributed by atoms with Crippen LogP contribution >= 0.6 is 11.3 Å². The first-order valence-corrected chi connectivity index (χ1v) is 8.34. The SMILES string of the molecule is CCc1nc(-c2cc(C(=O)N(C)CC)c3ccccn23)cs1. The summed E-state index contributed by atoms with van der Waals surface area (Å²) in [7, 11) is 1.83. The average Bonchev–Trinajstić information content (AvgIpc) is 3.17. The van der Waals surface area contributed by atoms with Gasteiger partial charge in [-0.1, -0.05) is 13.0 Å². The van der Waals surface area contributed by atoms with Gasteiger partial charge >= 0.3 is 0 Å². The van der Waals surface area contributed by atoms with Gasteiger partial charge in [0.1, 0.15) is 0 Å². The molecule has 0 N–H and O–H groups in total. The summed E-state index contributed by atoms with van der Waals surface area (Å²) in [4.78, 5) is 19.0. The van der Waals surface area contributed by atoms with Gasteiger partial charge in [-0.15, -0.1) is 11.3 Å². The van der Waals surface area contributed by atoms with Crippen LogP contribution in [-0.2, 0) is 6.42 Å². The third-order valence-corrected chi connectivity index (χ3v) is 4.84. The second-order valence-electron chi connectivity index (χ2n) is 5.20. The van der Waals surface area contributed by atoms with Gasteiger partial charge in [-0.05, 0) is 31.5 Å². The molecule has 0 bridgehead atoms. The van der Waals surface area contributed by atoms with Gasteiger partial charge in [0.15, 0.2) is 0 Å². The molecule has 114 valence electrons. The lowest BCUT2D eigenvalue weighted by molar-refractivity contribution is 0.0804. The number of carbonyl (C=O) groups excluding carboxylic acids is 1. The maximum atomic E-state index is 12.6. The monoisotopic (exact) mass is 313 g/mol. The van der Waals surface area contributed by atoms with Crippen LogP contribution in [0.4, 0.5) is 0 Å². The number of hydrogen-bond acceptors (Lipinski definition) is 3. The Bertz CT molecular complexity index is 818. The summed E-state index contributed by atoms with van der Waals surface area (Å²) in [6, 6.07) is 7.87. The van der Waals surface area contributed by atoms with Gasteiger partial charge in [0, 0.05) is 25.2 Å². The van der Waals surface area contributed by atoms with Gasteiger partial charge in [-0.2, -0.15) is 0 Å². The molecule has 0 saturated heterocycles. The van der Waals surface area contributed by atoms with Crippen molar-refractivity contribution in [2.45, 2.75) is 20.3 Å². The van der Waals surface area contributed by atoms with Crippen LogP contribution in [0.2, 0.25) is 0 Å². The zero-order valence-corrected chi connectivity index (χ0v) is 13.9. The number of hydrogen-bond donors (Lipinski definition) is 0. The normalized spacial score (nSPS) is 11.0. The molecule has 0 aliphatic rings. The van der Waals surface area contributed by atoms with Crippen molar-refractivity contribution >= 4 is 22.8 Å². The lowest BCUT2D eigenvalue weighted by Gasteiger charge is -2.13. The van der Waals surface area contributed by atoms with Crippen LogP contribution in [-0.4, -0.2) is 33.8 Å². The molecule has 1 amide bonds. The Hall–Kier alpha value is -2.14. The lowest BCUT2D eigenvalue weighted by atomic mass is 10.2. The Labute approximate surface area is 134 Å². The Balaban J connectivity index is 2.17. The Morgan fingerprint density at radius 1 is 1.36 bits per heavy atom. The summed E-state index contributed by atoms with van der Waals surface area (Å²) in [5.41, 5.74) is 3.56. The average molecular weight is 313 g/mol. The first kappa shape index (κ1) is 14.8. The van der Waals surface area contributed by atoms with E-state index in [9.17, 15) is 4.79 Å². The number of amides is 1. The quantitative estimate of drug-likeness (QED) is 0.736. The van der Waals surface area contributed by atoms with E-state index >= 15 is 0 Å². The van der Waals surface area contributed by atoms with Gasteiger partial charge < -0.3 is 9.30 Å². The predicted octanol–water partition coefficient (Wildman–Crippen LogP) is 3.72. The molecular formula is C17H19N3OS. The second-order valence-corrected chi connectivity index (χ2v) is 6.14. The van der Waals surface area contributed by atoms with Crippen molar-refractivity contribution in [1.82, 2.24) is 14.3 Å². The summed E-state index contributed by atoms with van der Waals surface area (Å²) in [5, 5.41) is 3.17. The first-order chi connectivity index (χ1) is 10.7. The summed E-state index contributed by atoms with van der Waals surface area (Å²) in [5.74, 6) is 0.0448. The fourth-order valence-electron chi connectivity index (χ4n) is 2.46. The third kappa shape index (κ3) is 2.41. The molecule has 4 nitrogen and oxygen atoms in total. The molecule has 0 aliphatic carbocycles. The van der Waals surface area contributed by atoms with E-state index in [1.54, 1.807) is 16.2 Å². The molecule has 0 unspecified atom stereocenters. The van der Waals surface area contributed by atoms with Crippen LogP contribution in [0.25, 0.3) is 16.9 Å². The summed E-state index contributed by atoms with van der Waals surface area (Å²) < 4.78 is 2.05. The molecule has 0 radical (unpaired) electrons. The van der Waals surface area contributed by atoms with Crippen LogP contribution in [0.15, 0.2) is 35.8 Å². The molecule has 22 heavy (non-hydrogen) atoms. The number of pyridine rings is 1. The molecular weight excluding hydrogens is 294 g/mol. The number of aromatic nitrogens is 2. The number of aryl methyl sites for hydroxylation is 1. The van der Waals surface area contributed by atoms with Gasteiger partial charge in [0.25, 0.3) is 5.91 Å². The molecule has 3 rings (SSSR count). The molecule has 0 atom stereocenters. The fourth-order valence-corrected chi connectivity index (χ4v) is 3.20. The van der Waals surface area contributed by atoms with Crippen molar-refractivity contribution in [2.24, 2.45) is 0 Å². The second kappa shape index (κ2) is 5.93. The van der Waals surface area contributed by atoms with E-state index in [-0.39, 0.29) is 5.91 Å². The van der Waals surface area contributed by atoms with E-state index in [0.29, 0.717) is 6.54 Å². The number of thiazole rings is 1. The number of nitrogens with zero attached hydrogens (tertiary/aromatic N) is 3. The van der Waals surface area contributed by atoms with E-state index in [2.05, 4.69) is 17.3 Å². The van der Waals surface area contributed by atoms with Crippen molar-refractivity contribution < 1.29 is 4.79 Å². The minimum absolute atomic E-state index is 0.0448. The minimum Gasteiger partial charge on any atom is -0.342 e. The number of fused-ring (bicyclic) bond motifs is 1. The molecule has 0 aliphatic heterocycles. The van der Waals surface area contributed by atoms with E-state index in [4.69, 9.17) is 0 Å². The summed E-state index contributed by atoms with van der Waals surface area (Å²) >= 11 is 1.66. The van der Waals surface area contributed by atoms with Crippen LogP contribution in [0.5, 0.6) is 0 Å². The highest BCUT2D eigenvalue weighted by molar-refractivity contribution is 7.09. The molecule has 0 saturated carbocycles. The topological polar surface area (TPSA) is 37.6 Å². The molecule has 0 spiro atoms. The van der Waals surface area contributed by atoms with Crippen molar-refractivity contribution in [3.63, 3.8) is 0 Å². The van der Waals surface area contributed by atoms with Crippen LogP contribution in [0.1, 0.15) is 29.2 Å². The molecule has 0 aromatic carbocycles. The largest absolute Gasteiger partial charge is 0.342 e. The van der Waals surface area contributed by atoms with Crippen LogP contribution in [0.3, 0.4) is 0 Å². The smallest absolute Gasteiger partial charge is 0.255 e. The van der Waals surface area contributed by atoms with Crippen molar-refractivity contribution in [2.75, 3.05) is 13.6 Å². The number of rotatable bonds is 4. The minimum atomic E-state index is 0.0448. The molecule has 3 heterocycles. The highest BCUT2D eigenvalue weighted by atomic mass is 32.1.